The zero-order valence-electron chi connectivity index (χ0n) is 5.93. The maximum absolute atomic E-state index is 10.2. The molecule has 0 bridgehead atoms. The third kappa shape index (κ3) is 11.3. The monoisotopic (exact) mass is 173 g/mol. The number of hydrogen-bond donors (Lipinski definition) is 2. The molecule has 0 aliphatic heterocycles. The maximum atomic E-state index is 10.2. The average Bonchev–Trinajstić information content (AvgIpc) is 1.83. The van der Waals surface area contributed by atoms with Crippen LogP contribution in [0.1, 0.15) is 0 Å². The van der Waals surface area contributed by atoms with Crippen LogP contribution in [0.5, 0.6) is 0 Å². The van der Waals surface area contributed by atoms with Crippen LogP contribution < -0.4 is 47.3 Å². The predicted octanol–water partition coefficient (Wildman–Crippen LogP) is -6.71. The Morgan fingerprint density at radius 2 is 2.20 bits per heavy atom. The van der Waals surface area contributed by atoms with Gasteiger partial charge in [0.1, 0.15) is 0 Å². The number of aliphatic hydroxyl groups is 1. The first kappa shape index (κ1) is 16.8. The van der Waals surface area contributed by atoms with Gasteiger partial charge in [-0.25, -0.2) is 0 Å². The van der Waals surface area contributed by atoms with E-state index in [4.69, 9.17) is 5.11 Å². The van der Waals surface area contributed by atoms with E-state index in [2.05, 4.69) is 11.9 Å². The van der Waals surface area contributed by atoms with Crippen LogP contribution in [0.15, 0.2) is 12.7 Å². The smallest absolute Gasteiger partial charge is 1.00 e. The zero-order valence-corrected chi connectivity index (χ0v) is 8.69. The Hall–Kier alpha value is 0.460. The minimum atomic E-state index is -0.251. The van der Waals surface area contributed by atoms with E-state index in [1.165, 1.54) is 0 Å². The fraction of sp³-hybridized carbons (Fsp3) is 0.400. The van der Waals surface area contributed by atoms with E-state index in [1.807, 2.05) is 0 Å². The van der Waals surface area contributed by atoms with Gasteiger partial charge in [-0.2, -0.15) is 0 Å². The van der Waals surface area contributed by atoms with Gasteiger partial charge in [0, 0.05) is 6.54 Å². The zero-order chi connectivity index (χ0) is 6.41. The van der Waals surface area contributed by atoms with Crippen molar-refractivity contribution in [2.45, 2.75) is 0 Å². The molecule has 0 aromatic carbocycles. The van der Waals surface area contributed by atoms with Crippen molar-refractivity contribution in [1.29, 1.82) is 0 Å². The van der Waals surface area contributed by atoms with Crippen LogP contribution in [0.3, 0.4) is 0 Å². The molecule has 0 spiro atoms. The van der Waals surface area contributed by atoms with Gasteiger partial charge >= 0.3 is 29.6 Å². The van der Waals surface area contributed by atoms with Crippen molar-refractivity contribution < 1.29 is 51.9 Å². The van der Waals surface area contributed by atoms with E-state index in [0.717, 1.165) is 6.08 Å². The number of halogens is 1. The van der Waals surface area contributed by atoms with Crippen LogP contribution in [0.2, 0.25) is 0 Å². The van der Waals surface area contributed by atoms with Gasteiger partial charge < -0.3 is 22.8 Å². The van der Waals surface area contributed by atoms with Crippen molar-refractivity contribution in [1.82, 2.24) is 5.32 Å². The van der Waals surface area contributed by atoms with Crippen LogP contribution in [0, 0.1) is 0 Å². The molecule has 0 aromatic rings. The second kappa shape index (κ2) is 12.2. The Labute approximate surface area is 88.6 Å². The van der Waals surface area contributed by atoms with Gasteiger partial charge in [-0.15, -0.1) is 0 Å². The standard InChI is InChI=1S/C5H9NO2.ClH.Na/c1-2-5(8)6-3-4-7;;/h2,7H,1,3-4H2,(H,6,8);1H;/q;;+1/p-1. The van der Waals surface area contributed by atoms with Crippen LogP contribution in [0.4, 0.5) is 0 Å². The van der Waals surface area contributed by atoms with E-state index in [-0.39, 0.29) is 54.5 Å². The molecule has 0 saturated carbocycles. The molecule has 0 atom stereocenters. The number of carbonyl (C=O) groups is 1. The second-order valence-electron chi connectivity index (χ2n) is 1.22. The van der Waals surface area contributed by atoms with Gasteiger partial charge in [0.25, 0.3) is 0 Å². The topological polar surface area (TPSA) is 49.3 Å². The number of aliphatic hydroxyl groups excluding tert-OH is 1. The normalized spacial score (nSPS) is 6.50. The Morgan fingerprint density at radius 3 is 2.50 bits per heavy atom. The molecule has 2 N–H and O–H groups in total. The molecular weight excluding hydrogens is 165 g/mol. The molecule has 10 heavy (non-hydrogen) atoms. The summed E-state index contributed by atoms with van der Waals surface area (Å²) in [7, 11) is 0. The molecule has 0 saturated heterocycles. The summed E-state index contributed by atoms with van der Waals surface area (Å²) in [6.07, 6.45) is 1.16. The largest absolute Gasteiger partial charge is 1.00 e. The van der Waals surface area contributed by atoms with Crippen molar-refractivity contribution >= 4 is 5.91 Å². The fourth-order valence-electron chi connectivity index (χ4n) is 0.251. The van der Waals surface area contributed by atoms with Crippen LogP contribution >= 0.6 is 0 Å². The van der Waals surface area contributed by atoms with Gasteiger partial charge in [0.05, 0.1) is 6.61 Å². The molecule has 1 amide bonds. The van der Waals surface area contributed by atoms with Crippen molar-refractivity contribution in [2.24, 2.45) is 0 Å². The minimum absolute atomic E-state index is 0. The number of nitrogens with one attached hydrogen (secondary N) is 1. The summed E-state index contributed by atoms with van der Waals surface area (Å²) in [4.78, 5) is 10.2. The Morgan fingerprint density at radius 1 is 1.70 bits per heavy atom. The van der Waals surface area contributed by atoms with Crippen LogP contribution in [-0.2, 0) is 4.79 Å². The summed E-state index contributed by atoms with van der Waals surface area (Å²) in [5.41, 5.74) is 0. The molecule has 0 aliphatic rings. The molecule has 0 unspecified atom stereocenters. The fourth-order valence-corrected chi connectivity index (χ4v) is 0.251. The summed E-state index contributed by atoms with van der Waals surface area (Å²) < 4.78 is 0. The summed E-state index contributed by atoms with van der Waals surface area (Å²) in [5.74, 6) is -0.251. The molecule has 0 aromatic heterocycles. The van der Waals surface area contributed by atoms with Crippen molar-refractivity contribution in [3.63, 3.8) is 0 Å². The first-order valence-corrected chi connectivity index (χ1v) is 2.32. The first-order valence-electron chi connectivity index (χ1n) is 2.32. The molecule has 54 valence electrons. The number of rotatable bonds is 3. The van der Waals surface area contributed by atoms with E-state index >= 15 is 0 Å². The summed E-state index contributed by atoms with van der Waals surface area (Å²) in [6, 6.07) is 0. The molecule has 0 heterocycles. The Balaban J connectivity index is -0.000000245. The van der Waals surface area contributed by atoms with Crippen LogP contribution in [-0.4, -0.2) is 24.2 Å². The molecule has 5 heteroatoms. The van der Waals surface area contributed by atoms with Gasteiger partial charge in [0.2, 0.25) is 5.91 Å². The third-order valence-corrected chi connectivity index (χ3v) is 0.596. The van der Waals surface area contributed by atoms with Crippen molar-refractivity contribution in [2.75, 3.05) is 13.2 Å². The maximum Gasteiger partial charge on any atom is 1.00 e. The number of hydrogen-bond acceptors (Lipinski definition) is 2. The van der Waals surface area contributed by atoms with Crippen LogP contribution in [0.25, 0.3) is 0 Å². The predicted molar refractivity (Wildman–Crippen MR) is 30.3 cm³/mol. The third-order valence-electron chi connectivity index (χ3n) is 0.596. The van der Waals surface area contributed by atoms with E-state index in [1.54, 1.807) is 0 Å². The minimum Gasteiger partial charge on any atom is -1.00 e. The number of carbonyl (C=O) groups excluding carboxylic acids is 1. The van der Waals surface area contributed by atoms with E-state index in [9.17, 15) is 4.79 Å². The first-order chi connectivity index (χ1) is 3.81. The summed E-state index contributed by atoms with van der Waals surface area (Å²) in [5, 5.41) is 10.5. The average molecular weight is 174 g/mol. The molecule has 0 fully saturated rings. The van der Waals surface area contributed by atoms with Gasteiger partial charge in [-0.1, -0.05) is 6.58 Å². The SMILES string of the molecule is C=CC(=O)NCCO.[Cl-].[Na+]. The van der Waals surface area contributed by atoms with Crippen molar-refractivity contribution in [3.05, 3.63) is 12.7 Å². The Bertz CT molecular complexity index is 99.6. The molecule has 0 aliphatic carbocycles. The number of amides is 1. The van der Waals surface area contributed by atoms with Gasteiger partial charge in [-0.3, -0.25) is 4.79 Å². The molecule has 3 nitrogen and oxygen atoms in total. The summed E-state index contributed by atoms with van der Waals surface area (Å²) in [6.45, 7) is 3.49. The summed E-state index contributed by atoms with van der Waals surface area (Å²) >= 11 is 0. The Kier molecular flexibility index (Phi) is 20.5. The van der Waals surface area contributed by atoms with E-state index in [0.29, 0.717) is 6.54 Å². The van der Waals surface area contributed by atoms with Gasteiger partial charge in [-0.05, 0) is 6.08 Å². The van der Waals surface area contributed by atoms with Gasteiger partial charge in [0.15, 0.2) is 0 Å². The molecule has 0 radical (unpaired) electrons. The molecular formula is C5H9ClNNaO2. The quantitative estimate of drug-likeness (QED) is 0.329. The second-order valence-corrected chi connectivity index (χ2v) is 1.22. The van der Waals surface area contributed by atoms with E-state index < -0.39 is 0 Å². The van der Waals surface area contributed by atoms with Crippen molar-refractivity contribution in [3.8, 4) is 0 Å². The molecule has 0 rings (SSSR count).